The minimum absolute atomic E-state index is 0.114. The van der Waals surface area contributed by atoms with Gasteiger partial charge in [0.25, 0.3) is 5.91 Å². The van der Waals surface area contributed by atoms with Gasteiger partial charge in [-0.25, -0.2) is 4.79 Å². The van der Waals surface area contributed by atoms with Gasteiger partial charge in [0.2, 0.25) is 0 Å². The van der Waals surface area contributed by atoms with Gasteiger partial charge in [-0.2, -0.15) is 0 Å². The van der Waals surface area contributed by atoms with Crippen LogP contribution in [0.4, 0.5) is 4.79 Å². The molecule has 3 heterocycles. The van der Waals surface area contributed by atoms with Crippen molar-refractivity contribution in [3.63, 3.8) is 0 Å². The molecule has 1 N–H and O–H groups in total. The van der Waals surface area contributed by atoms with Gasteiger partial charge in [-0.3, -0.25) is 9.69 Å². The lowest BCUT2D eigenvalue weighted by Crippen LogP contribution is -2.40. The first kappa shape index (κ1) is 12.9. The monoisotopic (exact) mass is 291 g/mol. The molecule has 6 nitrogen and oxygen atoms in total. The highest BCUT2D eigenvalue weighted by atomic mass is 32.1. The minimum Gasteiger partial charge on any atom is -0.361 e. The van der Waals surface area contributed by atoms with Crippen LogP contribution in [0.15, 0.2) is 28.1 Å². The molecule has 1 atom stereocenters. The second-order valence-corrected chi connectivity index (χ2v) is 5.80. The van der Waals surface area contributed by atoms with E-state index in [0.717, 1.165) is 9.78 Å². The van der Waals surface area contributed by atoms with Crippen molar-refractivity contribution in [1.82, 2.24) is 15.4 Å². The van der Waals surface area contributed by atoms with Crippen molar-refractivity contribution in [2.75, 3.05) is 0 Å². The van der Waals surface area contributed by atoms with Crippen molar-refractivity contribution in [3.8, 4) is 0 Å². The zero-order valence-corrected chi connectivity index (χ0v) is 11.9. The van der Waals surface area contributed by atoms with Gasteiger partial charge in [0.05, 0.1) is 6.54 Å². The maximum Gasteiger partial charge on any atom is 0.325 e. The Morgan fingerprint density at radius 3 is 2.90 bits per heavy atom. The Labute approximate surface area is 119 Å². The molecule has 0 radical (unpaired) electrons. The summed E-state index contributed by atoms with van der Waals surface area (Å²) in [4.78, 5) is 26.6. The summed E-state index contributed by atoms with van der Waals surface area (Å²) in [6.45, 7) is 3.59. The summed E-state index contributed by atoms with van der Waals surface area (Å²) in [6.07, 6.45) is 0. The van der Waals surface area contributed by atoms with Gasteiger partial charge < -0.3 is 9.84 Å². The Bertz CT molecular complexity index is 664. The van der Waals surface area contributed by atoms with Crippen LogP contribution in [-0.4, -0.2) is 22.0 Å². The zero-order chi connectivity index (χ0) is 14.3. The number of aryl methyl sites for hydroxylation is 1. The van der Waals surface area contributed by atoms with Crippen molar-refractivity contribution in [2.24, 2.45) is 0 Å². The fourth-order valence-corrected chi connectivity index (χ4v) is 3.06. The molecular weight excluding hydrogens is 278 g/mol. The second-order valence-electron chi connectivity index (χ2n) is 4.85. The Kier molecular flexibility index (Phi) is 2.86. The van der Waals surface area contributed by atoms with Gasteiger partial charge in [-0.1, -0.05) is 11.2 Å². The molecule has 0 bridgehead atoms. The first-order chi connectivity index (χ1) is 9.50. The van der Waals surface area contributed by atoms with Crippen LogP contribution in [0.5, 0.6) is 0 Å². The highest BCUT2D eigenvalue weighted by molar-refractivity contribution is 7.10. The van der Waals surface area contributed by atoms with E-state index in [0.29, 0.717) is 11.5 Å². The van der Waals surface area contributed by atoms with Gasteiger partial charge in [0.1, 0.15) is 11.5 Å². The normalized spacial score (nSPS) is 22.4. The predicted octanol–water partition coefficient (Wildman–Crippen LogP) is 2.01. The maximum absolute atomic E-state index is 12.5. The summed E-state index contributed by atoms with van der Waals surface area (Å²) in [6, 6.07) is 4.99. The maximum atomic E-state index is 12.5. The van der Waals surface area contributed by atoms with Crippen molar-refractivity contribution in [2.45, 2.75) is 25.9 Å². The Morgan fingerprint density at radius 2 is 2.30 bits per heavy atom. The minimum atomic E-state index is -0.996. The molecule has 1 aliphatic rings. The Balaban J connectivity index is 1.87. The Hall–Kier alpha value is -2.15. The molecule has 3 rings (SSSR count). The molecule has 3 amide bonds. The number of hydrogen-bond acceptors (Lipinski definition) is 5. The number of carbonyl (C=O) groups excluding carboxylic acids is 2. The van der Waals surface area contributed by atoms with E-state index < -0.39 is 11.6 Å². The lowest BCUT2D eigenvalue weighted by molar-refractivity contribution is -0.131. The van der Waals surface area contributed by atoms with E-state index >= 15 is 0 Å². The summed E-state index contributed by atoms with van der Waals surface area (Å²) in [5.74, 6) is 0.374. The van der Waals surface area contributed by atoms with Crippen LogP contribution in [0.25, 0.3) is 0 Å². The molecule has 0 spiro atoms. The topological polar surface area (TPSA) is 75.4 Å². The lowest BCUT2D eigenvalue weighted by Gasteiger charge is -2.19. The average molecular weight is 291 g/mol. The van der Waals surface area contributed by atoms with Crippen molar-refractivity contribution in [1.29, 1.82) is 0 Å². The molecule has 0 saturated carbocycles. The van der Waals surface area contributed by atoms with Crippen LogP contribution in [0.3, 0.4) is 0 Å². The van der Waals surface area contributed by atoms with E-state index in [1.807, 2.05) is 17.5 Å². The lowest BCUT2D eigenvalue weighted by atomic mass is 10.0. The first-order valence-corrected chi connectivity index (χ1v) is 6.99. The number of rotatable bonds is 3. The van der Waals surface area contributed by atoms with E-state index in [1.54, 1.807) is 19.9 Å². The fourth-order valence-electron chi connectivity index (χ4n) is 2.23. The highest BCUT2D eigenvalue weighted by Crippen LogP contribution is 2.32. The fraction of sp³-hybridized carbons (Fsp3) is 0.308. The molecule has 1 saturated heterocycles. The molecule has 1 aliphatic heterocycles. The molecule has 2 aromatic heterocycles. The van der Waals surface area contributed by atoms with Crippen molar-refractivity contribution < 1.29 is 14.1 Å². The number of urea groups is 1. The number of thiophene rings is 1. The standard InChI is InChI=1S/C13H13N3O3S/c1-8-6-9(15-19-8)7-16-11(17)13(2,14-12(16)18)10-4-3-5-20-10/h3-6H,7H2,1-2H3,(H,14,18)/t13-/m1/s1. The second kappa shape index (κ2) is 4.45. The summed E-state index contributed by atoms with van der Waals surface area (Å²) >= 11 is 1.44. The van der Waals surface area contributed by atoms with Crippen LogP contribution in [0.2, 0.25) is 0 Å². The third-order valence-corrected chi connectivity index (χ3v) is 4.38. The predicted molar refractivity (Wildman–Crippen MR) is 72.0 cm³/mol. The van der Waals surface area contributed by atoms with E-state index in [1.165, 1.54) is 11.3 Å². The van der Waals surface area contributed by atoms with E-state index in [2.05, 4.69) is 10.5 Å². The van der Waals surface area contributed by atoms with Gasteiger partial charge in [-0.15, -0.1) is 11.3 Å². The molecule has 0 unspecified atom stereocenters. The molecule has 20 heavy (non-hydrogen) atoms. The number of nitrogens with one attached hydrogen (secondary N) is 1. The number of carbonyl (C=O) groups is 2. The third-order valence-electron chi connectivity index (χ3n) is 3.29. The van der Waals surface area contributed by atoms with Crippen LogP contribution in [0.1, 0.15) is 23.3 Å². The zero-order valence-electron chi connectivity index (χ0n) is 11.0. The SMILES string of the molecule is Cc1cc(CN2C(=O)N[C@](C)(c3cccs3)C2=O)no1. The molecule has 1 fully saturated rings. The van der Waals surface area contributed by atoms with Crippen LogP contribution >= 0.6 is 11.3 Å². The molecule has 7 heteroatoms. The third kappa shape index (κ3) is 1.90. The molecule has 2 aromatic rings. The number of hydrogen-bond donors (Lipinski definition) is 1. The van der Waals surface area contributed by atoms with Gasteiger partial charge in [0, 0.05) is 10.9 Å². The molecule has 0 aromatic carbocycles. The highest BCUT2D eigenvalue weighted by Gasteiger charge is 2.49. The number of aromatic nitrogens is 1. The van der Waals surface area contributed by atoms with Crippen LogP contribution in [-0.2, 0) is 16.9 Å². The first-order valence-electron chi connectivity index (χ1n) is 6.11. The average Bonchev–Trinajstić information content (AvgIpc) is 3.09. The van der Waals surface area contributed by atoms with Crippen molar-refractivity contribution >= 4 is 23.3 Å². The summed E-state index contributed by atoms with van der Waals surface area (Å²) in [5, 5.41) is 8.44. The molecule has 104 valence electrons. The van der Waals surface area contributed by atoms with Crippen LogP contribution < -0.4 is 5.32 Å². The number of imide groups is 1. The summed E-state index contributed by atoms with van der Waals surface area (Å²) < 4.78 is 4.95. The number of amides is 3. The Morgan fingerprint density at radius 1 is 1.50 bits per heavy atom. The van der Waals surface area contributed by atoms with E-state index in [4.69, 9.17) is 4.52 Å². The van der Waals surface area contributed by atoms with Crippen LogP contribution in [0, 0.1) is 6.92 Å². The van der Waals surface area contributed by atoms with Crippen molar-refractivity contribution in [3.05, 3.63) is 39.9 Å². The van der Waals surface area contributed by atoms with Gasteiger partial charge in [0.15, 0.2) is 5.54 Å². The smallest absolute Gasteiger partial charge is 0.325 e. The largest absolute Gasteiger partial charge is 0.361 e. The number of nitrogens with zero attached hydrogens (tertiary/aromatic N) is 2. The van der Waals surface area contributed by atoms with E-state index in [9.17, 15) is 9.59 Å². The quantitative estimate of drug-likeness (QED) is 0.878. The van der Waals surface area contributed by atoms with E-state index in [-0.39, 0.29) is 12.5 Å². The summed E-state index contributed by atoms with van der Waals surface area (Å²) in [5.41, 5.74) is -0.439. The summed E-state index contributed by atoms with van der Waals surface area (Å²) in [7, 11) is 0. The van der Waals surface area contributed by atoms with Gasteiger partial charge >= 0.3 is 6.03 Å². The molecule has 0 aliphatic carbocycles. The van der Waals surface area contributed by atoms with Gasteiger partial charge in [-0.05, 0) is 25.3 Å². The molecular formula is C13H13N3O3S.